The van der Waals surface area contributed by atoms with Crippen molar-refractivity contribution >= 4 is 40.5 Å². The highest BCUT2D eigenvalue weighted by Crippen LogP contribution is 2.30. The zero-order chi connectivity index (χ0) is 19.4. The number of benzene rings is 1. The molecule has 1 aromatic heterocycles. The van der Waals surface area contributed by atoms with E-state index in [0.29, 0.717) is 21.5 Å². The topological polar surface area (TPSA) is 89.9 Å². The molecule has 1 amide bonds. The van der Waals surface area contributed by atoms with Gasteiger partial charge in [-0.1, -0.05) is 47.1 Å². The van der Waals surface area contributed by atoms with Crippen LogP contribution in [0.25, 0.3) is 0 Å². The molecule has 3 rings (SSSR count). The van der Waals surface area contributed by atoms with Gasteiger partial charge in [0.1, 0.15) is 4.34 Å². The van der Waals surface area contributed by atoms with Crippen LogP contribution in [0.4, 0.5) is 0 Å². The van der Waals surface area contributed by atoms with E-state index in [4.69, 9.17) is 21.2 Å². The first kappa shape index (κ1) is 19.3. The molecular weight excluding hydrogens is 390 g/mol. The maximum Gasteiger partial charge on any atom is 0.353 e. The van der Waals surface area contributed by atoms with Gasteiger partial charge in [-0.2, -0.15) is 0 Å². The molecular formula is C18H18ClN3O4S. The molecule has 2 heterocycles. The Labute approximate surface area is 165 Å². The lowest BCUT2D eigenvalue weighted by molar-refractivity contribution is -0.166. The second-order valence-corrected chi connectivity index (χ2v) is 7.92. The molecule has 1 atom stereocenters. The molecule has 1 aromatic carbocycles. The summed E-state index contributed by atoms with van der Waals surface area (Å²) in [6, 6.07) is 9.47. The largest absolute Gasteiger partial charge is 0.466 e. The van der Waals surface area contributed by atoms with Crippen molar-refractivity contribution in [3.63, 3.8) is 0 Å². The van der Waals surface area contributed by atoms with Crippen LogP contribution in [-0.2, 0) is 20.8 Å². The van der Waals surface area contributed by atoms with E-state index >= 15 is 0 Å². The van der Waals surface area contributed by atoms with Gasteiger partial charge in [0, 0.05) is 12.8 Å². The highest BCUT2D eigenvalue weighted by molar-refractivity contribution is 7.16. The van der Waals surface area contributed by atoms with Crippen molar-refractivity contribution in [3.8, 4) is 0 Å². The molecule has 27 heavy (non-hydrogen) atoms. The first-order chi connectivity index (χ1) is 12.9. The van der Waals surface area contributed by atoms with Crippen molar-refractivity contribution in [2.45, 2.75) is 25.4 Å². The molecule has 1 aliphatic rings. The third-order valence-electron chi connectivity index (χ3n) is 4.09. The number of aromatic nitrogens is 1. The van der Waals surface area contributed by atoms with Crippen molar-refractivity contribution < 1.29 is 19.2 Å². The molecule has 0 saturated heterocycles. The van der Waals surface area contributed by atoms with Crippen LogP contribution in [-0.4, -0.2) is 41.8 Å². The number of halogens is 1. The SMILES string of the molecule is COC(=O)C1(Cc2ccccc2)CC(CNC(=O)c2nc(C)sc2Cl)=NO1. The van der Waals surface area contributed by atoms with E-state index in [1.807, 2.05) is 30.3 Å². The van der Waals surface area contributed by atoms with E-state index in [1.165, 1.54) is 18.4 Å². The summed E-state index contributed by atoms with van der Waals surface area (Å²) >= 11 is 7.25. The fourth-order valence-electron chi connectivity index (χ4n) is 2.84. The van der Waals surface area contributed by atoms with Gasteiger partial charge in [0.25, 0.3) is 5.91 Å². The van der Waals surface area contributed by atoms with E-state index < -0.39 is 17.5 Å². The minimum Gasteiger partial charge on any atom is -0.466 e. The molecule has 0 spiro atoms. The summed E-state index contributed by atoms with van der Waals surface area (Å²) in [6.07, 6.45) is 0.539. The summed E-state index contributed by atoms with van der Waals surface area (Å²) in [5.41, 5.74) is 0.411. The predicted molar refractivity (Wildman–Crippen MR) is 102 cm³/mol. The van der Waals surface area contributed by atoms with E-state index in [0.717, 1.165) is 5.56 Å². The van der Waals surface area contributed by atoms with Crippen LogP contribution in [0.3, 0.4) is 0 Å². The first-order valence-electron chi connectivity index (χ1n) is 8.21. The molecule has 142 valence electrons. The van der Waals surface area contributed by atoms with E-state index in [-0.39, 0.29) is 18.7 Å². The number of nitrogens with one attached hydrogen (secondary N) is 1. The normalized spacial score (nSPS) is 18.6. The van der Waals surface area contributed by atoms with Crippen LogP contribution in [0.15, 0.2) is 35.5 Å². The summed E-state index contributed by atoms with van der Waals surface area (Å²) < 4.78 is 5.26. The van der Waals surface area contributed by atoms with E-state index in [9.17, 15) is 9.59 Å². The Morgan fingerprint density at radius 3 is 2.74 bits per heavy atom. The Hall–Kier alpha value is -2.45. The molecule has 0 fully saturated rings. The zero-order valence-electron chi connectivity index (χ0n) is 14.8. The lowest BCUT2D eigenvalue weighted by atomic mass is 9.89. The Balaban J connectivity index is 1.66. The number of rotatable bonds is 6. The molecule has 0 radical (unpaired) electrons. The molecule has 1 aliphatic heterocycles. The quantitative estimate of drug-likeness (QED) is 0.743. The predicted octanol–water partition coefficient (Wildman–Crippen LogP) is 2.77. The summed E-state index contributed by atoms with van der Waals surface area (Å²) in [7, 11) is 1.31. The second-order valence-electron chi connectivity index (χ2n) is 6.11. The third-order valence-corrected chi connectivity index (χ3v) is 5.26. The number of oxime groups is 1. The number of hydrogen-bond donors (Lipinski definition) is 1. The fraction of sp³-hybridized carbons (Fsp3) is 0.333. The molecule has 0 saturated carbocycles. The first-order valence-corrected chi connectivity index (χ1v) is 9.40. The summed E-state index contributed by atoms with van der Waals surface area (Å²) in [5, 5.41) is 7.42. The van der Waals surface area contributed by atoms with Crippen molar-refractivity contribution in [2.75, 3.05) is 13.7 Å². The van der Waals surface area contributed by atoms with Crippen LogP contribution in [0.1, 0.15) is 27.5 Å². The van der Waals surface area contributed by atoms with Gasteiger partial charge in [-0.3, -0.25) is 4.79 Å². The minimum atomic E-state index is -1.23. The van der Waals surface area contributed by atoms with E-state index in [1.54, 1.807) is 6.92 Å². The monoisotopic (exact) mass is 407 g/mol. The average Bonchev–Trinajstić information content (AvgIpc) is 3.23. The number of methoxy groups -OCH3 is 1. The number of amides is 1. The fourth-order valence-corrected chi connectivity index (χ4v) is 3.93. The highest BCUT2D eigenvalue weighted by atomic mass is 35.5. The Bertz CT molecular complexity index is 884. The summed E-state index contributed by atoms with van der Waals surface area (Å²) in [4.78, 5) is 34.2. The van der Waals surface area contributed by atoms with Crippen molar-refractivity contribution in [1.29, 1.82) is 0 Å². The van der Waals surface area contributed by atoms with Crippen LogP contribution in [0.2, 0.25) is 4.34 Å². The smallest absolute Gasteiger partial charge is 0.353 e. The lowest BCUT2D eigenvalue weighted by Crippen LogP contribution is -2.43. The molecule has 7 nitrogen and oxygen atoms in total. The number of aryl methyl sites for hydroxylation is 1. The van der Waals surface area contributed by atoms with Gasteiger partial charge < -0.3 is 14.9 Å². The van der Waals surface area contributed by atoms with Gasteiger partial charge in [0.2, 0.25) is 5.60 Å². The van der Waals surface area contributed by atoms with Crippen LogP contribution in [0.5, 0.6) is 0 Å². The summed E-state index contributed by atoms with van der Waals surface area (Å²) in [5.74, 6) is -0.903. The van der Waals surface area contributed by atoms with Crippen LogP contribution >= 0.6 is 22.9 Å². The second kappa shape index (κ2) is 8.06. The average molecular weight is 408 g/mol. The number of esters is 1. The van der Waals surface area contributed by atoms with Crippen LogP contribution in [0, 0.1) is 6.92 Å². The van der Waals surface area contributed by atoms with Gasteiger partial charge in [-0.05, 0) is 12.5 Å². The molecule has 2 aromatic rings. The number of thiazole rings is 1. The number of nitrogens with zero attached hydrogens (tertiary/aromatic N) is 2. The van der Waals surface area contributed by atoms with Crippen molar-refractivity contribution in [2.24, 2.45) is 5.16 Å². The molecule has 1 N–H and O–H groups in total. The highest BCUT2D eigenvalue weighted by Gasteiger charge is 2.47. The van der Waals surface area contributed by atoms with Gasteiger partial charge in [-0.15, -0.1) is 11.3 Å². The maximum absolute atomic E-state index is 12.4. The lowest BCUT2D eigenvalue weighted by Gasteiger charge is -2.23. The number of carbonyl (C=O) groups is 2. The van der Waals surface area contributed by atoms with Gasteiger partial charge >= 0.3 is 5.97 Å². The number of ether oxygens (including phenoxy) is 1. The standard InChI is InChI=1S/C18H18ClN3O4S/c1-11-21-14(15(19)27-11)16(23)20-10-13-9-18(26-22-13,17(24)25-2)8-12-6-4-3-5-7-12/h3-7H,8-10H2,1-2H3,(H,20,23). The zero-order valence-corrected chi connectivity index (χ0v) is 16.4. The van der Waals surface area contributed by atoms with Crippen molar-refractivity contribution in [3.05, 3.63) is 50.9 Å². The summed E-state index contributed by atoms with van der Waals surface area (Å²) in [6.45, 7) is 1.90. The number of hydrogen-bond acceptors (Lipinski definition) is 7. The minimum absolute atomic E-state index is 0.124. The Morgan fingerprint density at radius 2 is 2.11 bits per heavy atom. The van der Waals surface area contributed by atoms with Gasteiger partial charge in [-0.25, -0.2) is 9.78 Å². The molecule has 9 heteroatoms. The molecule has 1 unspecified atom stereocenters. The third kappa shape index (κ3) is 4.28. The maximum atomic E-state index is 12.4. The van der Waals surface area contributed by atoms with Crippen molar-refractivity contribution in [1.82, 2.24) is 10.3 Å². The Morgan fingerprint density at radius 1 is 1.37 bits per heavy atom. The number of carbonyl (C=O) groups excluding carboxylic acids is 2. The molecule has 0 bridgehead atoms. The van der Waals surface area contributed by atoms with Crippen LogP contribution < -0.4 is 5.32 Å². The van der Waals surface area contributed by atoms with Gasteiger partial charge in [0.15, 0.2) is 5.69 Å². The van der Waals surface area contributed by atoms with E-state index in [2.05, 4.69) is 15.5 Å². The molecule has 0 aliphatic carbocycles. The van der Waals surface area contributed by atoms with Gasteiger partial charge in [0.05, 0.1) is 24.4 Å². The Kier molecular flexibility index (Phi) is 5.76.